The summed E-state index contributed by atoms with van der Waals surface area (Å²) in [6.07, 6.45) is 2.47. The molecular formula is C23H30N4O3S. The number of benzene rings is 1. The number of amides is 1. The van der Waals surface area contributed by atoms with Crippen LogP contribution in [0.15, 0.2) is 57.0 Å². The highest BCUT2D eigenvalue weighted by Gasteiger charge is 2.21. The lowest BCUT2D eigenvalue weighted by atomic mass is 10.2. The summed E-state index contributed by atoms with van der Waals surface area (Å²) in [6, 6.07) is 11.1. The van der Waals surface area contributed by atoms with Gasteiger partial charge in [0.05, 0.1) is 29.0 Å². The van der Waals surface area contributed by atoms with E-state index in [9.17, 15) is 9.59 Å². The molecule has 2 aromatic heterocycles. The molecule has 8 heteroatoms. The molecule has 0 saturated heterocycles. The van der Waals surface area contributed by atoms with Gasteiger partial charge in [-0.2, -0.15) is 0 Å². The summed E-state index contributed by atoms with van der Waals surface area (Å²) >= 11 is 1.30. The zero-order valence-electron chi connectivity index (χ0n) is 18.3. The van der Waals surface area contributed by atoms with Gasteiger partial charge in [-0.3, -0.25) is 19.1 Å². The van der Waals surface area contributed by atoms with E-state index in [1.807, 2.05) is 37.3 Å². The molecule has 31 heavy (non-hydrogen) atoms. The Hall–Kier alpha value is -2.58. The minimum atomic E-state index is -0.0980. The van der Waals surface area contributed by atoms with Gasteiger partial charge >= 0.3 is 0 Å². The third-order valence-corrected chi connectivity index (χ3v) is 6.20. The van der Waals surface area contributed by atoms with Crippen LogP contribution < -0.4 is 10.9 Å². The molecule has 0 spiro atoms. The number of carbonyl (C=O) groups is 1. The Morgan fingerprint density at radius 2 is 1.97 bits per heavy atom. The molecule has 7 nitrogen and oxygen atoms in total. The average molecular weight is 443 g/mol. The van der Waals surface area contributed by atoms with Crippen LogP contribution in [-0.4, -0.2) is 45.7 Å². The third-order valence-electron chi connectivity index (χ3n) is 5.22. The number of hydrogen-bond donors (Lipinski definition) is 1. The van der Waals surface area contributed by atoms with Crippen molar-refractivity contribution in [3.8, 4) is 0 Å². The van der Waals surface area contributed by atoms with Gasteiger partial charge in [0.2, 0.25) is 5.91 Å². The average Bonchev–Trinajstić information content (AvgIpc) is 3.32. The Morgan fingerprint density at radius 3 is 2.65 bits per heavy atom. The van der Waals surface area contributed by atoms with Crippen LogP contribution in [0.1, 0.15) is 39.0 Å². The van der Waals surface area contributed by atoms with E-state index < -0.39 is 0 Å². The van der Waals surface area contributed by atoms with E-state index in [-0.39, 0.29) is 23.3 Å². The van der Waals surface area contributed by atoms with Crippen molar-refractivity contribution in [1.29, 1.82) is 0 Å². The first kappa shape index (κ1) is 23.1. The van der Waals surface area contributed by atoms with Crippen molar-refractivity contribution in [2.24, 2.45) is 0 Å². The standard InChI is InChI=1S/C23H30N4O3S/c1-4-13-27-22(29)17-10-7-8-11-18(17)25-23(27)31-16-21(28)24-15-19(26(5-2)6-3)20-12-9-14-30-20/h7-12,14,19H,4-6,13,15-16H2,1-3H3,(H,24,28). The highest BCUT2D eigenvalue weighted by Crippen LogP contribution is 2.21. The Kier molecular flexibility index (Phi) is 8.31. The lowest BCUT2D eigenvalue weighted by molar-refractivity contribution is -0.118. The number of aromatic nitrogens is 2. The molecule has 3 aromatic rings. The van der Waals surface area contributed by atoms with Gasteiger partial charge in [0.25, 0.3) is 5.56 Å². The second-order valence-corrected chi connectivity index (χ2v) is 8.16. The van der Waals surface area contributed by atoms with Crippen LogP contribution in [0.2, 0.25) is 0 Å². The molecule has 1 aromatic carbocycles. The van der Waals surface area contributed by atoms with E-state index in [4.69, 9.17) is 4.42 Å². The van der Waals surface area contributed by atoms with Gasteiger partial charge in [-0.1, -0.05) is 44.7 Å². The molecule has 1 amide bonds. The van der Waals surface area contributed by atoms with Crippen molar-refractivity contribution >= 4 is 28.6 Å². The summed E-state index contributed by atoms with van der Waals surface area (Å²) in [6.45, 7) is 8.95. The van der Waals surface area contributed by atoms with Crippen LogP contribution in [0, 0.1) is 0 Å². The van der Waals surface area contributed by atoms with Crippen LogP contribution in [0.3, 0.4) is 0 Å². The maximum atomic E-state index is 12.9. The lowest BCUT2D eigenvalue weighted by Crippen LogP contribution is -2.38. The van der Waals surface area contributed by atoms with Gasteiger partial charge in [0.15, 0.2) is 5.16 Å². The molecule has 0 aliphatic carbocycles. The molecule has 1 atom stereocenters. The molecule has 0 bridgehead atoms. The molecule has 166 valence electrons. The van der Waals surface area contributed by atoms with Crippen molar-refractivity contribution in [2.45, 2.75) is 44.9 Å². The summed E-state index contributed by atoms with van der Waals surface area (Å²) in [5.41, 5.74) is 0.594. The number of rotatable bonds is 11. The summed E-state index contributed by atoms with van der Waals surface area (Å²) in [7, 11) is 0. The SMILES string of the molecule is CCCn1c(SCC(=O)NCC(c2ccco2)N(CC)CC)nc2ccccc2c1=O. The van der Waals surface area contributed by atoms with Crippen LogP contribution in [0.4, 0.5) is 0 Å². The predicted octanol–water partition coefficient (Wildman–Crippen LogP) is 3.69. The van der Waals surface area contributed by atoms with Crippen LogP contribution >= 0.6 is 11.8 Å². The van der Waals surface area contributed by atoms with Gasteiger partial charge in [-0.15, -0.1) is 0 Å². The molecule has 0 radical (unpaired) electrons. The number of likely N-dealkylation sites (N-methyl/N-ethyl adjacent to an activating group) is 1. The number of fused-ring (bicyclic) bond motifs is 1. The fraction of sp³-hybridized carbons (Fsp3) is 0.435. The van der Waals surface area contributed by atoms with Crippen molar-refractivity contribution in [3.05, 3.63) is 58.8 Å². The number of nitrogens with one attached hydrogen (secondary N) is 1. The van der Waals surface area contributed by atoms with Crippen molar-refractivity contribution < 1.29 is 9.21 Å². The molecule has 2 heterocycles. The zero-order chi connectivity index (χ0) is 22.2. The predicted molar refractivity (Wildman–Crippen MR) is 124 cm³/mol. The first-order chi connectivity index (χ1) is 15.1. The van der Waals surface area contributed by atoms with Crippen LogP contribution in [-0.2, 0) is 11.3 Å². The first-order valence-electron chi connectivity index (χ1n) is 10.8. The number of furan rings is 1. The van der Waals surface area contributed by atoms with Gasteiger partial charge in [0, 0.05) is 13.1 Å². The number of para-hydroxylation sites is 1. The van der Waals surface area contributed by atoms with Gasteiger partial charge in [-0.25, -0.2) is 4.98 Å². The number of hydrogen-bond acceptors (Lipinski definition) is 6. The van der Waals surface area contributed by atoms with E-state index in [2.05, 4.69) is 29.0 Å². The number of carbonyl (C=O) groups excluding carboxylic acids is 1. The van der Waals surface area contributed by atoms with Crippen molar-refractivity contribution in [1.82, 2.24) is 19.8 Å². The first-order valence-corrected chi connectivity index (χ1v) is 11.7. The largest absolute Gasteiger partial charge is 0.468 e. The van der Waals surface area contributed by atoms with E-state index >= 15 is 0 Å². The normalized spacial score (nSPS) is 12.4. The lowest BCUT2D eigenvalue weighted by Gasteiger charge is -2.28. The van der Waals surface area contributed by atoms with E-state index in [0.717, 1.165) is 25.3 Å². The van der Waals surface area contributed by atoms with Gasteiger partial charge in [0.1, 0.15) is 5.76 Å². The fourth-order valence-corrected chi connectivity index (χ4v) is 4.48. The van der Waals surface area contributed by atoms with E-state index in [1.54, 1.807) is 16.9 Å². The highest BCUT2D eigenvalue weighted by atomic mass is 32.2. The van der Waals surface area contributed by atoms with Crippen molar-refractivity contribution in [2.75, 3.05) is 25.4 Å². The molecule has 3 rings (SSSR count). The van der Waals surface area contributed by atoms with E-state index in [0.29, 0.717) is 29.1 Å². The fourth-order valence-electron chi connectivity index (χ4n) is 3.63. The molecule has 0 saturated carbocycles. The van der Waals surface area contributed by atoms with Gasteiger partial charge in [-0.05, 0) is 43.8 Å². The third kappa shape index (κ3) is 5.57. The van der Waals surface area contributed by atoms with Crippen LogP contribution in [0.5, 0.6) is 0 Å². The maximum Gasteiger partial charge on any atom is 0.262 e. The molecule has 1 unspecified atom stereocenters. The molecule has 0 fully saturated rings. The zero-order valence-corrected chi connectivity index (χ0v) is 19.2. The van der Waals surface area contributed by atoms with Gasteiger partial charge < -0.3 is 9.73 Å². The smallest absolute Gasteiger partial charge is 0.262 e. The summed E-state index contributed by atoms with van der Waals surface area (Å²) < 4.78 is 7.26. The van der Waals surface area contributed by atoms with Crippen LogP contribution in [0.25, 0.3) is 10.9 Å². The Bertz CT molecular complexity index is 1040. The van der Waals surface area contributed by atoms with E-state index in [1.165, 1.54) is 11.8 Å². The molecule has 0 aliphatic heterocycles. The summed E-state index contributed by atoms with van der Waals surface area (Å²) in [5, 5.41) is 4.20. The highest BCUT2D eigenvalue weighted by molar-refractivity contribution is 7.99. The quantitative estimate of drug-likeness (QED) is 0.360. The monoisotopic (exact) mass is 442 g/mol. The minimum Gasteiger partial charge on any atom is -0.468 e. The second kappa shape index (κ2) is 11.2. The maximum absolute atomic E-state index is 12.9. The Morgan fingerprint density at radius 1 is 1.19 bits per heavy atom. The Balaban J connectivity index is 1.69. The number of nitrogens with zero attached hydrogens (tertiary/aromatic N) is 3. The minimum absolute atomic E-state index is 0.0176. The Labute approximate surface area is 186 Å². The topological polar surface area (TPSA) is 80.4 Å². The second-order valence-electron chi connectivity index (χ2n) is 7.21. The molecular weight excluding hydrogens is 412 g/mol. The number of thioether (sulfide) groups is 1. The summed E-state index contributed by atoms with van der Waals surface area (Å²) in [4.78, 5) is 32.4. The molecule has 1 N–H and O–H groups in total. The van der Waals surface area contributed by atoms with Crippen molar-refractivity contribution in [3.63, 3.8) is 0 Å². The molecule has 0 aliphatic rings. The summed E-state index contributed by atoms with van der Waals surface area (Å²) in [5.74, 6) is 0.932.